The second-order valence-electron chi connectivity index (χ2n) is 19.3. The number of anilines is 4. The van der Waals surface area contributed by atoms with E-state index in [0.29, 0.717) is 13.2 Å². The van der Waals surface area contributed by atoms with Gasteiger partial charge in [0.15, 0.2) is 0 Å². The van der Waals surface area contributed by atoms with Gasteiger partial charge in [-0.2, -0.15) is 42.5 Å². The van der Waals surface area contributed by atoms with Crippen LogP contribution in [0.15, 0.2) is 121 Å². The van der Waals surface area contributed by atoms with E-state index >= 15 is 0 Å². The molecule has 8 nitrogen and oxygen atoms in total. The number of hydrogen-bond donors (Lipinski definition) is 0. The molecule has 0 atom stereocenters. The molecule has 0 spiro atoms. The monoisotopic (exact) mass is 1000 g/mol. The van der Waals surface area contributed by atoms with E-state index in [1.807, 2.05) is 24.4 Å². The second-order valence-corrected chi connectivity index (χ2v) is 19.3. The van der Waals surface area contributed by atoms with Crippen LogP contribution in [-0.4, -0.2) is 30.9 Å². The van der Waals surface area contributed by atoms with E-state index in [0.717, 1.165) is 61.6 Å². The molecule has 0 radical (unpaired) electrons. The van der Waals surface area contributed by atoms with Crippen molar-refractivity contribution in [2.24, 2.45) is 0 Å². The van der Waals surface area contributed by atoms with Gasteiger partial charge in [-0.15, -0.1) is 28.9 Å². The summed E-state index contributed by atoms with van der Waals surface area (Å²) in [7, 11) is -1.59. The molecule has 1 saturated heterocycles. The summed E-state index contributed by atoms with van der Waals surface area (Å²) in [6.45, 7) is 22.6. The van der Waals surface area contributed by atoms with Gasteiger partial charge in [0.2, 0.25) is 0 Å². The number of aromatic nitrogens is 2. The van der Waals surface area contributed by atoms with Crippen molar-refractivity contribution in [3.05, 3.63) is 157 Å². The largest absolute Gasteiger partial charge is 0.493 e. The summed E-state index contributed by atoms with van der Waals surface area (Å²) < 4.78 is 28.5. The number of para-hydroxylation sites is 4. The van der Waals surface area contributed by atoms with E-state index in [9.17, 15) is 0 Å². The minimum atomic E-state index is -0.655. The van der Waals surface area contributed by atoms with Crippen LogP contribution in [0.1, 0.15) is 79.0 Å². The van der Waals surface area contributed by atoms with Crippen molar-refractivity contribution in [3.63, 3.8) is 0 Å². The first-order chi connectivity index (χ1) is 29.1. The molecule has 4 heterocycles. The Labute approximate surface area is 382 Å². The maximum absolute atomic E-state index is 6.75. The molecule has 2 aliphatic rings. The van der Waals surface area contributed by atoms with Gasteiger partial charge in [-0.3, -0.25) is 0 Å². The fourth-order valence-electron chi connectivity index (χ4n) is 8.24. The number of fused-ring (bicyclic) bond motifs is 4. The number of ether oxygens (including phenoxy) is 1. The first-order valence-corrected chi connectivity index (χ1v) is 21.2. The Hall–Kier alpha value is -4.63. The SMILES string of the molecule is CC(C)(C)B1OB(c2cccc(C(C)(C)C)c2N2[CH-]N(c3[c-]c(COCc4[c-]c5c(cc4)c4ccccc4n5-c4ccccn4)ccc3)c3ccccc32)OB(C(C)(C)C)O1.[Pt]. The van der Waals surface area contributed by atoms with Gasteiger partial charge in [0.1, 0.15) is 5.82 Å². The van der Waals surface area contributed by atoms with Gasteiger partial charge in [0.25, 0.3) is 0 Å². The molecule has 0 bridgehead atoms. The van der Waals surface area contributed by atoms with Gasteiger partial charge < -0.3 is 32.8 Å². The Bertz CT molecular complexity index is 2690. The molecule has 7 aromatic rings. The molecule has 0 unspecified atom stereocenters. The molecule has 318 valence electrons. The van der Waals surface area contributed by atoms with E-state index in [2.05, 4.69) is 198 Å². The number of benzene rings is 5. The molecule has 0 N–H and O–H groups in total. The van der Waals surface area contributed by atoms with Crippen LogP contribution in [0.3, 0.4) is 0 Å². The molecule has 2 aromatic heterocycles. The van der Waals surface area contributed by atoms with Crippen LogP contribution in [0.25, 0.3) is 27.6 Å². The molecule has 0 amide bonds. The molecule has 5 aromatic carbocycles. The molecule has 2 aliphatic heterocycles. The van der Waals surface area contributed by atoms with Crippen molar-refractivity contribution in [3.8, 4) is 5.82 Å². The Balaban J connectivity index is 0.00000529. The number of nitrogens with zero attached hydrogens (tertiary/aromatic N) is 4. The molecular formula is C50H52B3N4O4Pt-3. The van der Waals surface area contributed by atoms with Gasteiger partial charge in [-0.25, -0.2) is 4.98 Å². The summed E-state index contributed by atoms with van der Waals surface area (Å²) in [6, 6.07) is 47.2. The first kappa shape index (κ1) is 44.0. The van der Waals surface area contributed by atoms with Crippen molar-refractivity contribution in [2.45, 2.75) is 91.6 Å². The Morgan fingerprint density at radius 3 is 1.95 bits per heavy atom. The van der Waals surface area contributed by atoms with Crippen LogP contribution in [0, 0.1) is 18.8 Å². The van der Waals surface area contributed by atoms with E-state index in [1.54, 1.807) is 0 Å². The topological polar surface area (TPSA) is 61.2 Å². The summed E-state index contributed by atoms with van der Waals surface area (Å²) in [6.07, 6.45) is 1.83. The summed E-state index contributed by atoms with van der Waals surface area (Å²) in [5.41, 5.74) is 9.99. The number of pyridine rings is 1. The maximum atomic E-state index is 6.75. The van der Waals surface area contributed by atoms with Crippen LogP contribution >= 0.6 is 0 Å². The molecule has 9 rings (SSSR count). The van der Waals surface area contributed by atoms with Crippen molar-refractivity contribution in [1.29, 1.82) is 0 Å². The van der Waals surface area contributed by atoms with Crippen molar-refractivity contribution < 1.29 is 39.5 Å². The van der Waals surface area contributed by atoms with Gasteiger partial charge in [-0.1, -0.05) is 122 Å². The summed E-state index contributed by atoms with van der Waals surface area (Å²) in [5.74, 6) is 0.861. The summed E-state index contributed by atoms with van der Waals surface area (Å²) >= 11 is 0. The quantitative estimate of drug-likeness (QED) is 0.111. The van der Waals surface area contributed by atoms with E-state index in [-0.39, 0.29) is 37.1 Å². The number of hydrogen-bond acceptors (Lipinski definition) is 7. The average Bonchev–Trinajstić information content (AvgIpc) is 3.79. The molecule has 12 heteroatoms. The van der Waals surface area contributed by atoms with E-state index in [4.69, 9.17) is 18.5 Å². The first-order valence-electron chi connectivity index (χ1n) is 21.2. The fourth-order valence-corrected chi connectivity index (χ4v) is 8.24. The van der Waals surface area contributed by atoms with Crippen molar-refractivity contribution in [1.82, 2.24) is 9.55 Å². The fraction of sp³-hybridized carbons (Fsp3) is 0.280. The third-order valence-corrected chi connectivity index (χ3v) is 11.3. The third-order valence-electron chi connectivity index (χ3n) is 11.3. The van der Waals surface area contributed by atoms with E-state index in [1.165, 1.54) is 10.9 Å². The zero-order valence-electron chi connectivity index (χ0n) is 37.0. The van der Waals surface area contributed by atoms with Crippen LogP contribution in [-0.2, 0) is 58.1 Å². The van der Waals surface area contributed by atoms with Crippen molar-refractivity contribution in [2.75, 3.05) is 9.80 Å². The molecular weight excluding hydrogens is 948 g/mol. The standard InChI is InChI=1S/C50H52B3N4O4.Pt/c1-48(2,3)40-21-17-22-41(51-59-52(49(4,5)6)61-53(60-51)50(7,8)9)47(40)56-34-55(43-24-12-13-25-44(43)56)37-19-16-18-35(30-37)32-58-33-36-27-28-39-38-20-10-11-23-42(38)57(45(39)31-36)46-26-14-15-29-54-46;/h10-29,34H,32-33H2,1-9H3;/q-3;. The Kier molecular flexibility index (Phi) is 12.2. The van der Waals surface area contributed by atoms with Crippen LogP contribution in [0.4, 0.5) is 22.7 Å². The molecule has 0 aliphatic carbocycles. The molecule has 62 heavy (non-hydrogen) atoms. The van der Waals surface area contributed by atoms with Crippen LogP contribution in [0.2, 0.25) is 10.6 Å². The Morgan fingerprint density at radius 2 is 1.27 bits per heavy atom. The molecule has 1 fully saturated rings. The van der Waals surface area contributed by atoms with Gasteiger partial charge in [0.05, 0.1) is 0 Å². The normalized spacial score (nSPS) is 14.8. The van der Waals surface area contributed by atoms with Gasteiger partial charge in [0, 0.05) is 68.5 Å². The second kappa shape index (κ2) is 17.2. The minimum Gasteiger partial charge on any atom is -0.493 e. The smallest absolute Gasteiger partial charge is 0.468 e. The predicted molar refractivity (Wildman–Crippen MR) is 251 cm³/mol. The summed E-state index contributed by atoms with van der Waals surface area (Å²) in [5, 5.41) is 1.77. The minimum absolute atomic E-state index is 0. The van der Waals surface area contributed by atoms with Gasteiger partial charge in [-0.05, 0) is 57.3 Å². The zero-order valence-corrected chi connectivity index (χ0v) is 39.3. The maximum Gasteiger partial charge on any atom is 0.468 e. The van der Waals surface area contributed by atoms with E-state index < -0.39 is 21.4 Å². The predicted octanol–water partition coefficient (Wildman–Crippen LogP) is 11.5. The third kappa shape index (κ3) is 8.55. The molecule has 0 saturated carbocycles. The van der Waals surface area contributed by atoms with Crippen molar-refractivity contribution >= 4 is 71.4 Å². The van der Waals surface area contributed by atoms with Crippen LogP contribution < -0.4 is 15.3 Å². The summed E-state index contributed by atoms with van der Waals surface area (Å²) in [4.78, 5) is 9.17. The average molecular weight is 1000 g/mol. The van der Waals surface area contributed by atoms with Crippen LogP contribution in [0.5, 0.6) is 0 Å². The van der Waals surface area contributed by atoms with Gasteiger partial charge >= 0.3 is 21.4 Å². The Morgan fingerprint density at radius 1 is 0.629 bits per heavy atom. The zero-order chi connectivity index (χ0) is 42.7. The number of rotatable bonds is 8.